The molecule has 1 aromatic heterocycles. The predicted molar refractivity (Wildman–Crippen MR) is 124 cm³/mol. The maximum atomic E-state index is 14.2. The van der Waals surface area contributed by atoms with E-state index in [9.17, 15) is 4.39 Å². The summed E-state index contributed by atoms with van der Waals surface area (Å²) >= 11 is 0. The largest absolute Gasteiger partial charge is 0.404 e. The van der Waals surface area contributed by atoms with Crippen LogP contribution in [0.2, 0.25) is 0 Å². The Balaban J connectivity index is 1.29. The minimum Gasteiger partial charge on any atom is -0.404 e. The lowest BCUT2D eigenvalue weighted by molar-refractivity contribution is 0.0204. The van der Waals surface area contributed by atoms with Gasteiger partial charge in [-0.3, -0.25) is 14.9 Å². The highest BCUT2D eigenvalue weighted by molar-refractivity contribution is 6.24. The van der Waals surface area contributed by atoms with Crippen LogP contribution in [-0.2, 0) is 0 Å². The maximum Gasteiger partial charge on any atom is 0.143 e. The zero-order valence-corrected chi connectivity index (χ0v) is 18.7. The van der Waals surface area contributed by atoms with E-state index in [-0.39, 0.29) is 5.82 Å². The predicted octanol–water partition coefficient (Wildman–Crippen LogP) is 2.75. The Kier molecular flexibility index (Phi) is 5.73. The summed E-state index contributed by atoms with van der Waals surface area (Å²) < 4.78 is 14.2. The Morgan fingerprint density at radius 2 is 2.03 bits per heavy atom. The van der Waals surface area contributed by atoms with E-state index in [0.29, 0.717) is 11.5 Å². The van der Waals surface area contributed by atoms with Crippen molar-refractivity contribution >= 4 is 17.0 Å². The van der Waals surface area contributed by atoms with Gasteiger partial charge in [0.25, 0.3) is 0 Å². The molecule has 4 heterocycles. The zero-order chi connectivity index (χ0) is 21.4. The first kappa shape index (κ1) is 20.9. The fraction of sp³-hybridized carbons (Fsp3) is 0.667. The van der Waals surface area contributed by atoms with E-state index in [1.54, 1.807) is 12.3 Å². The summed E-state index contributed by atoms with van der Waals surface area (Å²) in [5.41, 5.74) is 10.1. The second kappa shape index (κ2) is 8.51. The van der Waals surface area contributed by atoms with E-state index in [2.05, 4.69) is 31.7 Å². The van der Waals surface area contributed by atoms with Gasteiger partial charge in [-0.25, -0.2) is 4.39 Å². The van der Waals surface area contributed by atoms with Crippen LogP contribution < -0.4 is 10.6 Å². The molecule has 0 amide bonds. The number of aromatic nitrogens is 1. The molecule has 0 radical (unpaired) electrons. The van der Waals surface area contributed by atoms with Crippen molar-refractivity contribution in [2.75, 3.05) is 57.8 Å². The number of likely N-dealkylation sites (tertiary alicyclic amines) is 1. The van der Waals surface area contributed by atoms with Crippen molar-refractivity contribution < 1.29 is 4.39 Å². The SMILES string of the molecule is CN1CC2(CCC(N3CCN(c4cc(F)cnc4/C(=C/N)C4=NCCCC4)CC3)C2)C1. The number of nitrogens with two attached hydrogens (primary N) is 1. The second-order valence-corrected chi connectivity index (χ2v) is 9.98. The number of piperazine rings is 1. The van der Waals surface area contributed by atoms with Crippen LogP contribution >= 0.6 is 0 Å². The van der Waals surface area contributed by atoms with E-state index in [1.807, 2.05) is 0 Å². The number of anilines is 1. The summed E-state index contributed by atoms with van der Waals surface area (Å²) in [6.45, 7) is 7.20. The molecule has 0 bridgehead atoms. The highest BCUT2D eigenvalue weighted by Gasteiger charge is 2.48. The minimum atomic E-state index is -0.296. The van der Waals surface area contributed by atoms with Crippen LogP contribution in [-0.4, -0.2) is 79.4 Å². The molecule has 3 fully saturated rings. The third-order valence-electron chi connectivity index (χ3n) is 7.75. The maximum absolute atomic E-state index is 14.2. The molecular formula is C24H35FN6. The molecule has 1 aliphatic carbocycles. The normalized spacial score (nSPS) is 27.4. The van der Waals surface area contributed by atoms with Crippen LogP contribution in [0.25, 0.3) is 5.57 Å². The Morgan fingerprint density at radius 3 is 2.71 bits per heavy atom. The number of pyridine rings is 1. The Morgan fingerprint density at radius 1 is 1.23 bits per heavy atom. The molecule has 31 heavy (non-hydrogen) atoms. The van der Waals surface area contributed by atoms with Crippen LogP contribution in [0.1, 0.15) is 44.2 Å². The van der Waals surface area contributed by atoms with Crippen LogP contribution in [0.15, 0.2) is 23.5 Å². The van der Waals surface area contributed by atoms with Gasteiger partial charge in [-0.15, -0.1) is 0 Å². The molecule has 2 N–H and O–H groups in total. The van der Waals surface area contributed by atoms with Gasteiger partial charge >= 0.3 is 0 Å². The highest BCUT2D eigenvalue weighted by Crippen LogP contribution is 2.46. The molecule has 3 aliphatic heterocycles. The molecule has 168 valence electrons. The molecule has 4 aliphatic rings. The van der Waals surface area contributed by atoms with Gasteiger partial charge in [0, 0.05) is 75.4 Å². The summed E-state index contributed by atoms with van der Waals surface area (Å²) in [5, 5.41) is 0. The van der Waals surface area contributed by atoms with Gasteiger partial charge < -0.3 is 15.5 Å². The van der Waals surface area contributed by atoms with Crippen LogP contribution in [0.5, 0.6) is 0 Å². The third-order valence-corrected chi connectivity index (χ3v) is 7.75. The monoisotopic (exact) mass is 426 g/mol. The lowest BCUT2D eigenvalue weighted by atomic mass is 9.78. The van der Waals surface area contributed by atoms with Crippen molar-refractivity contribution in [3.8, 4) is 0 Å². The molecular weight excluding hydrogens is 391 g/mol. The van der Waals surface area contributed by atoms with Crippen LogP contribution in [0.3, 0.4) is 0 Å². The number of aliphatic imine (C=N–C) groups is 1. The number of halogens is 1. The Hall–Kier alpha value is -1.99. The zero-order valence-electron chi connectivity index (χ0n) is 18.7. The van der Waals surface area contributed by atoms with Crippen molar-refractivity contribution in [3.63, 3.8) is 0 Å². The molecule has 0 aromatic carbocycles. The molecule has 7 heteroatoms. The molecule has 1 spiro atoms. The Bertz CT molecular complexity index is 867. The van der Waals surface area contributed by atoms with E-state index in [1.165, 1.54) is 38.5 Å². The lowest BCUT2D eigenvalue weighted by Gasteiger charge is -2.47. The molecule has 1 unspecified atom stereocenters. The first-order chi connectivity index (χ1) is 15.1. The van der Waals surface area contributed by atoms with E-state index in [4.69, 9.17) is 5.73 Å². The van der Waals surface area contributed by atoms with Crippen LogP contribution in [0.4, 0.5) is 10.1 Å². The third kappa shape index (κ3) is 4.10. The summed E-state index contributed by atoms with van der Waals surface area (Å²) in [7, 11) is 2.23. The summed E-state index contributed by atoms with van der Waals surface area (Å²) in [4.78, 5) is 16.6. The highest BCUT2D eigenvalue weighted by atomic mass is 19.1. The first-order valence-electron chi connectivity index (χ1n) is 11.9. The van der Waals surface area contributed by atoms with Crippen molar-refractivity contribution in [3.05, 3.63) is 30.0 Å². The van der Waals surface area contributed by atoms with Gasteiger partial charge in [-0.05, 0) is 51.0 Å². The number of hydrogen-bond donors (Lipinski definition) is 1. The lowest BCUT2D eigenvalue weighted by Crippen LogP contribution is -2.54. The van der Waals surface area contributed by atoms with Gasteiger partial charge in [-0.2, -0.15) is 0 Å². The quantitative estimate of drug-likeness (QED) is 0.802. The minimum absolute atomic E-state index is 0.296. The summed E-state index contributed by atoms with van der Waals surface area (Å²) in [6, 6.07) is 2.33. The fourth-order valence-corrected chi connectivity index (χ4v) is 6.31. The van der Waals surface area contributed by atoms with Gasteiger partial charge in [0.05, 0.1) is 17.6 Å². The first-order valence-corrected chi connectivity index (χ1v) is 11.9. The van der Waals surface area contributed by atoms with Gasteiger partial charge in [0.15, 0.2) is 0 Å². The molecule has 5 rings (SSSR count). The van der Waals surface area contributed by atoms with Crippen LogP contribution in [0, 0.1) is 11.2 Å². The van der Waals surface area contributed by atoms with Crippen molar-refractivity contribution in [1.82, 2.24) is 14.8 Å². The second-order valence-electron chi connectivity index (χ2n) is 9.98. The van der Waals surface area contributed by atoms with Gasteiger partial charge in [-0.1, -0.05) is 0 Å². The smallest absolute Gasteiger partial charge is 0.143 e. The standard InChI is InChI=1S/C24H35FN6/c1-29-16-24(17-29)6-5-19(13-24)30-8-10-31(11-9-30)22-12-18(25)15-28-23(22)20(14-26)21-4-2-3-7-27-21/h12,14-15,19H,2-11,13,16-17,26H2,1H3/b20-14+. The molecule has 1 aromatic rings. The van der Waals surface area contributed by atoms with Gasteiger partial charge in [0.1, 0.15) is 5.82 Å². The van der Waals surface area contributed by atoms with E-state index < -0.39 is 0 Å². The van der Waals surface area contributed by atoms with E-state index >= 15 is 0 Å². The Labute approximate surface area is 185 Å². The average Bonchev–Trinajstić information content (AvgIpc) is 3.21. The number of nitrogens with zero attached hydrogens (tertiary/aromatic N) is 5. The number of rotatable bonds is 4. The van der Waals surface area contributed by atoms with Crippen molar-refractivity contribution in [2.45, 2.75) is 44.6 Å². The number of allylic oxidation sites excluding steroid dienone is 1. The van der Waals surface area contributed by atoms with Crippen molar-refractivity contribution in [1.29, 1.82) is 0 Å². The molecule has 2 saturated heterocycles. The van der Waals surface area contributed by atoms with Crippen molar-refractivity contribution in [2.24, 2.45) is 16.1 Å². The molecule has 6 nitrogen and oxygen atoms in total. The molecule has 1 saturated carbocycles. The average molecular weight is 427 g/mol. The topological polar surface area (TPSA) is 61.0 Å². The van der Waals surface area contributed by atoms with E-state index in [0.717, 1.165) is 74.7 Å². The fourth-order valence-electron chi connectivity index (χ4n) is 6.31. The number of hydrogen-bond acceptors (Lipinski definition) is 6. The summed E-state index contributed by atoms with van der Waals surface area (Å²) in [6.07, 6.45) is 10.1. The summed E-state index contributed by atoms with van der Waals surface area (Å²) in [5.74, 6) is -0.296. The van der Waals surface area contributed by atoms with Gasteiger partial charge in [0.2, 0.25) is 0 Å². The molecule has 1 atom stereocenters.